The van der Waals surface area contributed by atoms with Gasteiger partial charge in [0.05, 0.1) is 0 Å². The van der Waals surface area contributed by atoms with Crippen molar-refractivity contribution in [1.82, 2.24) is 0 Å². The molecule has 82 valence electrons. The average Bonchev–Trinajstić information content (AvgIpc) is 3.00. The van der Waals surface area contributed by atoms with Gasteiger partial charge in [-0.05, 0) is 44.0 Å². The summed E-state index contributed by atoms with van der Waals surface area (Å²) < 4.78 is 5.78. The Bertz CT molecular complexity index is 332. The van der Waals surface area contributed by atoms with Crippen molar-refractivity contribution < 1.29 is 4.74 Å². The zero-order valence-corrected chi connectivity index (χ0v) is 9.92. The molecule has 15 heavy (non-hydrogen) atoms. The van der Waals surface area contributed by atoms with Crippen LogP contribution in [0.3, 0.4) is 0 Å². The van der Waals surface area contributed by atoms with E-state index in [0.717, 1.165) is 30.2 Å². The van der Waals surface area contributed by atoms with Crippen LogP contribution >= 0.6 is 11.6 Å². The van der Waals surface area contributed by atoms with Crippen molar-refractivity contribution in [2.24, 2.45) is 0 Å². The van der Waals surface area contributed by atoms with E-state index in [1.54, 1.807) is 0 Å². The third-order valence-corrected chi connectivity index (χ3v) is 3.17. The molecule has 1 fully saturated rings. The molecule has 3 heteroatoms. The first kappa shape index (κ1) is 10.8. The third-order valence-electron chi connectivity index (χ3n) is 2.92. The average molecular weight is 226 g/mol. The van der Waals surface area contributed by atoms with Crippen molar-refractivity contribution in [1.29, 1.82) is 0 Å². The molecule has 1 aliphatic carbocycles. The molecule has 0 saturated heterocycles. The van der Waals surface area contributed by atoms with Crippen LogP contribution in [0.2, 0.25) is 5.02 Å². The van der Waals surface area contributed by atoms with Crippen molar-refractivity contribution in [3.63, 3.8) is 0 Å². The van der Waals surface area contributed by atoms with E-state index in [-0.39, 0.29) is 5.72 Å². The minimum absolute atomic E-state index is 0.0530. The summed E-state index contributed by atoms with van der Waals surface area (Å²) in [7, 11) is 2.08. The summed E-state index contributed by atoms with van der Waals surface area (Å²) >= 11 is 5.86. The fourth-order valence-electron chi connectivity index (χ4n) is 1.85. The molecule has 1 saturated carbocycles. The minimum Gasteiger partial charge on any atom is -0.356 e. The Hall–Kier alpha value is -0.730. The van der Waals surface area contributed by atoms with E-state index >= 15 is 0 Å². The summed E-state index contributed by atoms with van der Waals surface area (Å²) in [6.45, 7) is 2.80. The lowest BCUT2D eigenvalue weighted by Crippen LogP contribution is -2.36. The zero-order valence-electron chi connectivity index (χ0n) is 9.16. The maximum atomic E-state index is 5.86. The number of nitrogens with zero attached hydrogens (tertiary/aromatic N) is 1. The number of hydrogen-bond acceptors (Lipinski definition) is 2. The van der Waals surface area contributed by atoms with Crippen molar-refractivity contribution in [2.45, 2.75) is 25.5 Å². The Morgan fingerprint density at radius 3 is 2.40 bits per heavy atom. The highest BCUT2D eigenvalue weighted by Crippen LogP contribution is 2.44. The lowest BCUT2D eigenvalue weighted by molar-refractivity contribution is 0.0429. The number of rotatable bonds is 4. The highest BCUT2D eigenvalue weighted by Gasteiger charge is 2.47. The molecule has 1 aromatic rings. The molecule has 0 amide bonds. The van der Waals surface area contributed by atoms with Gasteiger partial charge in [0.25, 0.3) is 0 Å². The van der Waals surface area contributed by atoms with Crippen LogP contribution in [0.4, 0.5) is 5.69 Å². The van der Waals surface area contributed by atoms with Crippen LogP contribution in [0.5, 0.6) is 0 Å². The Morgan fingerprint density at radius 2 is 1.93 bits per heavy atom. The molecule has 1 aliphatic rings. The molecule has 0 aromatic heterocycles. The van der Waals surface area contributed by atoms with Gasteiger partial charge in [-0.25, -0.2) is 0 Å². The predicted octanol–water partition coefficient (Wildman–Crippen LogP) is 3.30. The summed E-state index contributed by atoms with van der Waals surface area (Å²) in [6.07, 6.45) is 2.22. The minimum atomic E-state index is -0.0530. The number of benzene rings is 1. The van der Waals surface area contributed by atoms with Crippen molar-refractivity contribution >= 4 is 17.3 Å². The van der Waals surface area contributed by atoms with Gasteiger partial charge in [0.15, 0.2) is 0 Å². The van der Waals surface area contributed by atoms with E-state index in [9.17, 15) is 0 Å². The maximum absolute atomic E-state index is 5.86. The van der Waals surface area contributed by atoms with E-state index in [0.29, 0.717) is 0 Å². The normalized spacial score (nSPS) is 17.5. The van der Waals surface area contributed by atoms with Gasteiger partial charge in [-0.3, -0.25) is 0 Å². The molecule has 0 unspecified atom stereocenters. The SMILES string of the molecule is CCOC1(N(C)c2ccc(Cl)cc2)CC1. The van der Waals surface area contributed by atoms with Crippen molar-refractivity contribution in [3.05, 3.63) is 29.3 Å². The smallest absolute Gasteiger partial charge is 0.141 e. The predicted molar refractivity (Wildman–Crippen MR) is 63.4 cm³/mol. The van der Waals surface area contributed by atoms with E-state index < -0.39 is 0 Å². The van der Waals surface area contributed by atoms with Crippen LogP contribution in [0.1, 0.15) is 19.8 Å². The summed E-state index contributed by atoms with van der Waals surface area (Å²) in [6, 6.07) is 7.88. The highest BCUT2D eigenvalue weighted by atomic mass is 35.5. The van der Waals surface area contributed by atoms with Crippen molar-refractivity contribution in [2.75, 3.05) is 18.6 Å². The van der Waals surface area contributed by atoms with Crippen LogP contribution in [-0.2, 0) is 4.74 Å². The van der Waals surface area contributed by atoms with Gasteiger partial charge in [-0.2, -0.15) is 0 Å². The number of hydrogen-bond donors (Lipinski definition) is 0. The topological polar surface area (TPSA) is 12.5 Å². The first-order chi connectivity index (χ1) is 7.18. The molecule has 0 aliphatic heterocycles. The lowest BCUT2D eigenvalue weighted by Gasteiger charge is -2.29. The van der Waals surface area contributed by atoms with Crippen LogP contribution in [-0.4, -0.2) is 19.4 Å². The molecule has 2 nitrogen and oxygen atoms in total. The van der Waals surface area contributed by atoms with Gasteiger partial charge in [-0.1, -0.05) is 11.6 Å². The van der Waals surface area contributed by atoms with E-state index in [2.05, 4.69) is 11.9 Å². The van der Waals surface area contributed by atoms with Gasteiger partial charge < -0.3 is 9.64 Å². The summed E-state index contributed by atoms with van der Waals surface area (Å²) in [5.74, 6) is 0. The fourth-order valence-corrected chi connectivity index (χ4v) is 1.98. The number of ether oxygens (including phenoxy) is 1. The molecule has 0 spiro atoms. The maximum Gasteiger partial charge on any atom is 0.141 e. The molecule has 0 atom stereocenters. The Morgan fingerprint density at radius 1 is 1.33 bits per heavy atom. The van der Waals surface area contributed by atoms with Gasteiger partial charge in [0.2, 0.25) is 0 Å². The monoisotopic (exact) mass is 225 g/mol. The third kappa shape index (κ3) is 2.11. The fraction of sp³-hybridized carbons (Fsp3) is 0.500. The summed E-state index contributed by atoms with van der Waals surface area (Å²) in [5, 5.41) is 0.772. The van der Waals surface area contributed by atoms with Crippen LogP contribution < -0.4 is 4.90 Å². The second-order valence-corrected chi connectivity index (χ2v) is 4.35. The number of halogens is 1. The summed E-state index contributed by atoms with van der Waals surface area (Å²) in [5.41, 5.74) is 1.10. The van der Waals surface area contributed by atoms with Crippen LogP contribution in [0.25, 0.3) is 0 Å². The summed E-state index contributed by atoms with van der Waals surface area (Å²) in [4.78, 5) is 2.20. The molecule has 2 rings (SSSR count). The van der Waals surface area contributed by atoms with E-state index in [4.69, 9.17) is 16.3 Å². The van der Waals surface area contributed by atoms with Crippen molar-refractivity contribution in [3.8, 4) is 0 Å². The first-order valence-electron chi connectivity index (χ1n) is 5.31. The Labute approximate surface area is 95.8 Å². The lowest BCUT2D eigenvalue weighted by atomic mass is 10.3. The zero-order chi connectivity index (χ0) is 10.9. The van der Waals surface area contributed by atoms with Gasteiger partial charge in [0, 0.05) is 24.4 Å². The quantitative estimate of drug-likeness (QED) is 0.729. The molecule has 0 heterocycles. The van der Waals surface area contributed by atoms with Crippen LogP contribution in [0, 0.1) is 0 Å². The molecular formula is C12H16ClNO. The Kier molecular flexibility index (Phi) is 2.89. The molecule has 1 aromatic carbocycles. The first-order valence-corrected chi connectivity index (χ1v) is 5.69. The van der Waals surface area contributed by atoms with E-state index in [1.807, 2.05) is 31.2 Å². The molecule has 0 radical (unpaired) electrons. The second kappa shape index (κ2) is 4.03. The van der Waals surface area contributed by atoms with E-state index in [1.165, 1.54) is 0 Å². The molecule has 0 N–H and O–H groups in total. The van der Waals surface area contributed by atoms with Gasteiger partial charge >= 0.3 is 0 Å². The largest absolute Gasteiger partial charge is 0.356 e. The van der Waals surface area contributed by atoms with Crippen LogP contribution in [0.15, 0.2) is 24.3 Å². The highest BCUT2D eigenvalue weighted by molar-refractivity contribution is 6.30. The van der Waals surface area contributed by atoms with Gasteiger partial charge in [0.1, 0.15) is 5.72 Å². The molecule has 0 bridgehead atoms. The second-order valence-electron chi connectivity index (χ2n) is 3.91. The van der Waals surface area contributed by atoms with Gasteiger partial charge in [-0.15, -0.1) is 0 Å². The Balaban J connectivity index is 2.13. The number of anilines is 1. The molecular weight excluding hydrogens is 210 g/mol. The standard InChI is InChI=1S/C12H16ClNO/c1-3-15-12(8-9-12)14(2)11-6-4-10(13)5-7-11/h4-7H,3,8-9H2,1-2H3.